The monoisotopic (exact) mass is 420 g/mol. The third-order valence-electron chi connectivity index (χ3n) is 4.69. The van der Waals surface area contributed by atoms with Gasteiger partial charge < -0.3 is 4.90 Å². The van der Waals surface area contributed by atoms with Gasteiger partial charge in [0.1, 0.15) is 10.8 Å². The summed E-state index contributed by atoms with van der Waals surface area (Å²) in [5, 5.41) is 4.94. The molecule has 3 aromatic rings. The first kappa shape index (κ1) is 19.0. The fraction of sp³-hybridized carbons (Fsp3) is 0.412. The van der Waals surface area contributed by atoms with E-state index in [1.54, 1.807) is 13.1 Å². The summed E-state index contributed by atoms with van der Waals surface area (Å²) in [6.07, 6.45) is 2.37. The number of rotatable bonds is 4. The van der Waals surface area contributed by atoms with Crippen molar-refractivity contribution >= 4 is 32.1 Å². The Hall–Kier alpha value is -2.37. The van der Waals surface area contributed by atoms with Gasteiger partial charge in [-0.3, -0.25) is 4.79 Å². The van der Waals surface area contributed by atoms with Crippen LogP contribution in [-0.2, 0) is 16.4 Å². The van der Waals surface area contributed by atoms with E-state index < -0.39 is 15.6 Å². The minimum atomic E-state index is -3.96. The summed E-state index contributed by atoms with van der Waals surface area (Å²) in [6, 6.07) is 5.63. The van der Waals surface area contributed by atoms with Crippen LogP contribution in [0.25, 0.3) is 4.96 Å². The molecule has 1 aliphatic rings. The van der Waals surface area contributed by atoms with Crippen LogP contribution in [0.3, 0.4) is 0 Å². The predicted molar refractivity (Wildman–Crippen MR) is 106 cm³/mol. The van der Waals surface area contributed by atoms with Crippen molar-refractivity contribution in [2.75, 3.05) is 31.1 Å². The summed E-state index contributed by atoms with van der Waals surface area (Å²) in [6.45, 7) is 5.04. The van der Waals surface area contributed by atoms with Gasteiger partial charge in [-0.25, -0.2) is 18.4 Å². The summed E-state index contributed by atoms with van der Waals surface area (Å²) >= 11 is 1.30. The zero-order valence-corrected chi connectivity index (χ0v) is 17.2. The minimum absolute atomic E-state index is 0.212. The third-order valence-corrected chi connectivity index (χ3v) is 7.78. The van der Waals surface area contributed by atoms with Crippen molar-refractivity contribution in [3.63, 3.8) is 0 Å². The summed E-state index contributed by atoms with van der Waals surface area (Å²) in [5.74, 6) is 0.813. The van der Waals surface area contributed by atoms with Crippen LogP contribution in [-0.4, -0.2) is 58.5 Å². The zero-order chi connectivity index (χ0) is 19.9. The molecule has 0 N–H and O–H groups in total. The molecule has 0 atom stereocenters. The second kappa shape index (κ2) is 7.22. The Bertz CT molecular complexity index is 1160. The van der Waals surface area contributed by atoms with Gasteiger partial charge in [-0.05, 0) is 25.5 Å². The summed E-state index contributed by atoms with van der Waals surface area (Å²) < 4.78 is 28.9. The molecule has 0 bridgehead atoms. The normalized spacial score (nSPS) is 16.0. The standard InChI is InChI=1S/C17H20N6O3S2/c1-3-14-20-23-16(24)15(12(2)19-17(23)27-14)28(25,26)22-10-8-21(9-11-22)13-6-4-5-7-18-13/h4-7H,3,8-11H2,1-2H3. The van der Waals surface area contributed by atoms with Gasteiger partial charge in [0.2, 0.25) is 4.96 Å². The fourth-order valence-electron chi connectivity index (χ4n) is 3.24. The van der Waals surface area contributed by atoms with E-state index in [0.29, 0.717) is 24.5 Å². The van der Waals surface area contributed by atoms with Gasteiger partial charge >= 0.3 is 0 Å². The van der Waals surface area contributed by atoms with Gasteiger partial charge in [-0.1, -0.05) is 24.3 Å². The molecule has 0 spiro atoms. The van der Waals surface area contributed by atoms with Gasteiger partial charge in [0.05, 0.1) is 5.69 Å². The summed E-state index contributed by atoms with van der Waals surface area (Å²) in [5.41, 5.74) is -0.422. The largest absolute Gasteiger partial charge is 0.354 e. The molecule has 0 aliphatic carbocycles. The molecule has 4 heterocycles. The molecule has 11 heteroatoms. The number of pyridine rings is 1. The quantitative estimate of drug-likeness (QED) is 0.619. The van der Waals surface area contributed by atoms with Crippen LogP contribution in [0.1, 0.15) is 17.6 Å². The topological polar surface area (TPSA) is 101 Å². The maximum Gasteiger partial charge on any atom is 0.295 e. The van der Waals surface area contributed by atoms with E-state index in [2.05, 4.69) is 15.1 Å². The molecule has 1 aliphatic heterocycles. The van der Waals surface area contributed by atoms with E-state index in [1.807, 2.05) is 30.0 Å². The number of aryl methyl sites for hydroxylation is 2. The Labute approximate surface area is 166 Å². The highest BCUT2D eigenvalue weighted by molar-refractivity contribution is 7.89. The lowest BCUT2D eigenvalue weighted by Crippen LogP contribution is -2.50. The average molecular weight is 421 g/mol. The van der Waals surface area contributed by atoms with E-state index in [1.165, 1.54) is 15.6 Å². The first-order chi connectivity index (χ1) is 13.4. The van der Waals surface area contributed by atoms with Gasteiger partial charge in [0, 0.05) is 32.4 Å². The van der Waals surface area contributed by atoms with Gasteiger partial charge in [-0.2, -0.15) is 13.9 Å². The molecule has 1 saturated heterocycles. The second-order valence-electron chi connectivity index (χ2n) is 6.45. The van der Waals surface area contributed by atoms with Crippen molar-refractivity contribution < 1.29 is 8.42 Å². The lowest BCUT2D eigenvalue weighted by molar-refractivity contribution is 0.382. The number of fused-ring (bicyclic) bond motifs is 1. The summed E-state index contributed by atoms with van der Waals surface area (Å²) in [7, 11) is -3.96. The number of hydrogen-bond donors (Lipinski definition) is 0. The van der Waals surface area contributed by atoms with Crippen molar-refractivity contribution in [1.29, 1.82) is 0 Å². The van der Waals surface area contributed by atoms with E-state index in [9.17, 15) is 13.2 Å². The molecule has 9 nitrogen and oxygen atoms in total. The number of sulfonamides is 1. The minimum Gasteiger partial charge on any atom is -0.354 e. The molecule has 4 rings (SSSR count). The number of aromatic nitrogens is 4. The third kappa shape index (κ3) is 3.19. The van der Waals surface area contributed by atoms with E-state index in [-0.39, 0.29) is 23.7 Å². The summed E-state index contributed by atoms with van der Waals surface area (Å²) in [4.78, 5) is 23.7. The molecule has 0 radical (unpaired) electrons. The Kier molecular flexibility index (Phi) is 4.89. The molecular weight excluding hydrogens is 400 g/mol. The van der Waals surface area contributed by atoms with Crippen LogP contribution in [0.5, 0.6) is 0 Å². The highest BCUT2D eigenvalue weighted by Crippen LogP contribution is 2.21. The highest BCUT2D eigenvalue weighted by Gasteiger charge is 2.33. The Morgan fingerprint density at radius 2 is 1.93 bits per heavy atom. The van der Waals surface area contributed by atoms with Gasteiger partial charge in [0.15, 0.2) is 4.90 Å². The lowest BCUT2D eigenvalue weighted by Gasteiger charge is -2.34. The molecule has 0 aromatic carbocycles. The molecule has 3 aromatic heterocycles. The Morgan fingerprint density at radius 1 is 1.18 bits per heavy atom. The van der Waals surface area contributed by atoms with Gasteiger partial charge in [0.25, 0.3) is 15.6 Å². The van der Waals surface area contributed by atoms with Crippen LogP contribution in [0.2, 0.25) is 0 Å². The molecular formula is C17H20N6O3S2. The molecule has 0 unspecified atom stereocenters. The van der Waals surface area contributed by atoms with Crippen LogP contribution in [0, 0.1) is 6.92 Å². The zero-order valence-electron chi connectivity index (χ0n) is 15.6. The van der Waals surface area contributed by atoms with E-state index in [0.717, 1.165) is 15.3 Å². The van der Waals surface area contributed by atoms with Crippen molar-refractivity contribution in [3.8, 4) is 0 Å². The SMILES string of the molecule is CCc1nn2c(=O)c(S(=O)(=O)N3CCN(c4ccccn4)CC3)c(C)nc2s1. The van der Waals surface area contributed by atoms with Gasteiger partial charge in [-0.15, -0.1) is 0 Å². The first-order valence-corrected chi connectivity index (χ1v) is 11.2. The molecule has 0 saturated carbocycles. The Balaban J connectivity index is 1.65. The number of nitrogens with zero attached hydrogens (tertiary/aromatic N) is 6. The first-order valence-electron chi connectivity index (χ1n) is 8.97. The highest BCUT2D eigenvalue weighted by atomic mass is 32.2. The maximum absolute atomic E-state index is 13.2. The molecule has 1 fully saturated rings. The smallest absolute Gasteiger partial charge is 0.295 e. The average Bonchev–Trinajstić information content (AvgIpc) is 3.12. The van der Waals surface area contributed by atoms with Crippen LogP contribution < -0.4 is 10.5 Å². The molecule has 28 heavy (non-hydrogen) atoms. The maximum atomic E-state index is 13.2. The van der Waals surface area contributed by atoms with Crippen molar-refractivity contribution in [1.82, 2.24) is 23.9 Å². The molecule has 0 amide bonds. The Morgan fingerprint density at radius 3 is 2.57 bits per heavy atom. The second-order valence-corrected chi connectivity index (χ2v) is 9.37. The van der Waals surface area contributed by atoms with Crippen molar-refractivity contribution in [3.05, 3.63) is 45.5 Å². The predicted octanol–water partition coefficient (Wildman–Crippen LogP) is 0.928. The lowest BCUT2D eigenvalue weighted by atomic mass is 10.3. The number of hydrogen-bond acceptors (Lipinski definition) is 8. The van der Waals surface area contributed by atoms with Crippen molar-refractivity contribution in [2.24, 2.45) is 0 Å². The van der Waals surface area contributed by atoms with Crippen molar-refractivity contribution in [2.45, 2.75) is 25.2 Å². The van der Waals surface area contributed by atoms with E-state index >= 15 is 0 Å². The number of anilines is 1. The van der Waals surface area contributed by atoms with Crippen LogP contribution >= 0.6 is 11.3 Å². The fourth-order valence-corrected chi connectivity index (χ4v) is 5.74. The van der Waals surface area contributed by atoms with E-state index in [4.69, 9.17) is 0 Å². The number of piperazine rings is 1. The molecule has 148 valence electrons. The van der Waals surface area contributed by atoms with Crippen LogP contribution in [0.15, 0.2) is 34.1 Å². The van der Waals surface area contributed by atoms with Crippen LogP contribution in [0.4, 0.5) is 5.82 Å².